The number of nitrogens with zero attached hydrogens (tertiary/aromatic N) is 3. The molecule has 1 N–H and O–H groups in total. The van der Waals surface area contributed by atoms with Crippen LogP contribution in [0.2, 0.25) is 5.02 Å². The van der Waals surface area contributed by atoms with Gasteiger partial charge in [-0.15, -0.1) is 0 Å². The minimum absolute atomic E-state index is 0.164. The average Bonchev–Trinajstić information content (AvgIpc) is 3.08. The van der Waals surface area contributed by atoms with Crippen molar-refractivity contribution in [3.63, 3.8) is 0 Å². The lowest BCUT2D eigenvalue weighted by atomic mass is 10.3. The first kappa shape index (κ1) is 18.1. The van der Waals surface area contributed by atoms with Gasteiger partial charge in [-0.25, -0.2) is 4.79 Å². The molecule has 1 aromatic carbocycles. The van der Waals surface area contributed by atoms with E-state index in [-0.39, 0.29) is 6.03 Å². The molecule has 2 aromatic rings. The van der Waals surface area contributed by atoms with Gasteiger partial charge in [-0.3, -0.25) is 4.68 Å². The van der Waals surface area contributed by atoms with Crippen LogP contribution < -0.4 is 10.1 Å². The van der Waals surface area contributed by atoms with E-state index in [2.05, 4.69) is 10.4 Å². The number of ether oxygens (including phenoxy) is 1. The fraction of sp³-hybridized carbons (Fsp3) is 0.412. The zero-order valence-electron chi connectivity index (χ0n) is 14.0. The van der Waals surface area contributed by atoms with Crippen molar-refractivity contribution in [3.05, 3.63) is 41.7 Å². The molecule has 0 spiro atoms. The Morgan fingerprint density at radius 2 is 2.25 bits per heavy atom. The largest absolute Gasteiger partial charge is 0.492 e. The number of halogens is 1. The summed E-state index contributed by atoms with van der Waals surface area (Å²) in [5.74, 6) is 0.627. The molecule has 0 bridgehead atoms. The van der Waals surface area contributed by atoms with E-state index in [0.29, 0.717) is 42.7 Å². The van der Waals surface area contributed by atoms with Gasteiger partial charge in [0.25, 0.3) is 0 Å². The number of anilines is 1. The number of likely N-dealkylation sites (N-methyl/N-ethyl adjacent to an activating group) is 1. The normalized spacial score (nSPS) is 10.5. The maximum absolute atomic E-state index is 12.4. The van der Waals surface area contributed by atoms with E-state index in [9.17, 15) is 4.79 Å². The molecule has 2 rings (SSSR count). The molecule has 0 aliphatic rings. The van der Waals surface area contributed by atoms with Crippen LogP contribution in [0.4, 0.5) is 10.5 Å². The molecule has 1 aromatic heterocycles. The first-order valence-electron chi connectivity index (χ1n) is 8.09. The number of carbonyl (C=O) groups excluding carboxylic acids is 1. The smallest absolute Gasteiger partial charge is 0.321 e. The Balaban J connectivity index is 1.92. The molecule has 2 amide bonds. The highest BCUT2D eigenvalue weighted by Gasteiger charge is 2.13. The molecule has 6 nitrogen and oxygen atoms in total. The third-order valence-electron chi connectivity index (χ3n) is 3.47. The van der Waals surface area contributed by atoms with Gasteiger partial charge in [0.1, 0.15) is 5.75 Å². The van der Waals surface area contributed by atoms with Gasteiger partial charge in [0.05, 0.1) is 18.2 Å². The highest BCUT2D eigenvalue weighted by Crippen LogP contribution is 2.27. The minimum atomic E-state index is -0.164. The van der Waals surface area contributed by atoms with Gasteiger partial charge in [-0.2, -0.15) is 5.10 Å². The van der Waals surface area contributed by atoms with Crippen molar-refractivity contribution in [1.82, 2.24) is 14.7 Å². The number of benzene rings is 1. The third kappa shape index (κ3) is 5.16. The molecule has 130 valence electrons. The van der Waals surface area contributed by atoms with Crippen molar-refractivity contribution in [2.75, 3.05) is 25.0 Å². The number of nitrogens with one attached hydrogen (secondary N) is 1. The van der Waals surface area contributed by atoms with Crippen LogP contribution in [-0.4, -0.2) is 40.4 Å². The number of hydrogen-bond acceptors (Lipinski definition) is 3. The Bertz CT molecular complexity index is 646. The second-order valence-electron chi connectivity index (χ2n) is 5.27. The molecule has 0 unspecified atom stereocenters. The van der Waals surface area contributed by atoms with Crippen molar-refractivity contribution < 1.29 is 9.53 Å². The van der Waals surface area contributed by atoms with Gasteiger partial charge in [0.2, 0.25) is 0 Å². The predicted octanol–water partition coefficient (Wildman–Crippen LogP) is 3.88. The molecule has 0 aliphatic heterocycles. The van der Waals surface area contributed by atoms with Crippen LogP contribution in [0, 0.1) is 0 Å². The molecule has 24 heavy (non-hydrogen) atoms. The highest BCUT2D eigenvalue weighted by molar-refractivity contribution is 6.32. The van der Waals surface area contributed by atoms with Crippen molar-refractivity contribution in [2.45, 2.75) is 26.8 Å². The maximum atomic E-state index is 12.4. The van der Waals surface area contributed by atoms with E-state index < -0.39 is 0 Å². The standard InChI is InChI=1S/C17H23ClN4O2/c1-3-12-24-16-7-6-14(13-15(16)18)20-17(23)21(4-2)10-11-22-9-5-8-19-22/h5-9,13H,3-4,10-12H2,1-2H3,(H,20,23). The molecule has 7 heteroatoms. The summed E-state index contributed by atoms with van der Waals surface area (Å²) in [5.41, 5.74) is 0.645. The summed E-state index contributed by atoms with van der Waals surface area (Å²) in [6.07, 6.45) is 4.51. The second kappa shape index (κ2) is 9.17. The van der Waals surface area contributed by atoms with Gasteiger partial charge in [0.15, 0.2) is 0 Å². The number of amides is 2. The third-order valence-corrected chi connectivity index (χ3v) is 3.77. The number of urea groups is 1. The van der Waals surface area contributed by atoms with Crippen LogP contribution in [0.3, 0.4) is 0 Å². The fourth-order valence-corrected chi connectivity index (χ4v) is 2.40. The molecular formula is C17H23ClN4O2. The zero-order valence-corrected chi connectivity index (χ0v) is 14.8. The topological polar surface area (TPSA) is 59.4 Å². The Labute approximate surface area is 147 Å². The number of carbonyl (C=O) groups is 1. The van der Waals surface area contributed by atoms with Crippen LogP contribution in [-0.2, 0) is 6.54 Å². The Morgan fingerprint density at radius 1 is 1.42 bits per heavy atom. The summed E-state index contributed by atoms with van der Waals surface area (Å²) in [6, 6.07) is 6.96. The summed E-state index contributed by atoms with van der Waals surface area (Å²) >= 11 is 6.19. The fourth-order valence-electron chi connectivity index (χ4n) is 2.17. The highest BCUT2D eigenvalue weighted by atomic mass is 35.5. The van der Waals surface area contributed by atoms with Gasteiger partial charge in [-0.05, 0) is 37.6 Å². The number of aromatic nitrogens is 2. The average molecular weight is 351 g/mol. The second-order valence-corrected chi connectivity index (χ2v) is 5.68. The SMILES string of the molecule is CCCOc1ccc(NC(=O)N(CC)CCn2cccn2)cc1Cl. The van der Waals surface area contributed by atoms with Crippen LogP contribution in [0.25, 0.3) is 0 Å². The molecular weight excluding hydrogens is 328 g/mol. The Morgan fingerprint density at radius 3 is 2.88 bits per heavy atom. The number of hydrogen-bond donors (Lipinski definition) is 1. The summed E-state index contributed by atoms with van der Waals surface area (Å²) < 4.78 is 7.33. The van der Waals surface area contributed by atoms with Crippen molar-refractivity contribution in [3.8, 4) is 5.75 Å². The van der Waals surface area contributed by atoms with Crippen LogP contribution >= 0.6 is 11.6 Å². The first-order valence-corrected chi connectivity index (χ1v) is 8.47. The Kier molecular flexibility index (Phi) is 6.93. The quantitative estimate of drug-likeness (QED) is 0.786. The van der Waals surface area contributed by atoms with Gasteiger partial charge in [0, 0.05) is 31.2 Å². The summed E-state index contributed by atoms with van der Waals surface area (Å²) in [7, 11) is 0. The molecule has 1 heterocycles. The van der Waals surface area contributed by atoms with Gasteiger partial charge < -0.3 is 15.0 Å². The van der Waals surface area contributed by atoms with Crippen LogP contribution in [0.15, 0.2) is 36.7 Å². The van der Waals surface area contributed by atoms with E-state index in [1.165, 1.54) is 0 Å². The molecule has 0 saturated heterocycles. The van der Waals surface area contributed by atoms with E-state index in [1.54, 1.807) is 34.0 Å². The molecule has 0 radical (unpaired) electrons. The zero-order chi connectivity index (χ0) is 17.4. The summed E-state index contributed by atoms with van der Waals surface area (Å²) in [5, 5.41) is 7.49. The molecule has 0 atom stereocenters. The van der Waals surface area contributed by atoms with Crippen LogP contribution in [0.1, 0.15) is 20.3 Å². The first-order chi connectivity index (χ1) is 11.6. The molecule has 0 aliphatic carbocycles. The van der Waals surface area contributed by atoms with Crippen molar-refractivity contribution in [2.24, 2.45) is 0 Å². The van der Waals surface area contributed by atoms with E-state index >= 15 is 0 Å². The monoisotopic (exact) mass is 350 g/mol. The lowest BCUT2D eigenvalue weighted by Gasteiger charge is -2.21. The minimum Gasteiger partial charge on any atom is -0.492 e. The van der Waals surface area contributed by atoms with Crippen LogP contribution in [0.5, 0.6) is 5.75 Å². The maximum Gasteiger partial charge on any atom is 0.321 e. The molecule has 0 saturated carbocycles. The summed E-state index contributed by atoms with van der Waals surface area (Å²) in [6.45, 7) is 6.43. The summed E-state index contributed by atoms with van der Waals surface area (Å²) in [4.78, 5) is 14.1. The van der Waals surface area contributed by atoms with E-state index in [1.807, 2.05) is 26.1 Å². The van der Waals surface area contributed by atoms with Gasteiger partial charge in [-0.1, -0.05) is 18.5 Å². The van der Waals surface area contributed by atoms with Crippen molar-refractivity contribution >= 4 is 23.3 Å². The lowest BCUT2D eigenvalue weighted by molar-refractivity contribution is 0.211. The number of rotatable bonds is 8. The van der Waals surface area contributed by atoms with E-state index in [0.717, 1.165) is 6.42 Å². The lowest BCUT2D eigenvalue weighted by Crippen LogP contribution is -2.37. The Hall–Kier alpha value is -2.21. The van der Waals surface area contributed by atoms with Crippen molar-refractivity contribution in [1.29, 1.82) is 0 Å². The van der Waals surface area contributed by atoms with E-state index in [4.69, 9.17) is 16.3 Å². The predicted molar refractivity (Wildman–Crippen MR) is 95.7 cm³/mol. The molecule has 0 fully saturated rings. The van der Waals surface area contributed by atoms with Gasteiger partial charge >= 0.3 is 6.03 Å².